The summed E-state index contributed by atoms with van der Waals surface area (Å²) in [5.41, 5.74) is -0.172. The monoisotopic (exact) mass is 285 g/mol. The molecule has 0 aliphatic carbocycles. The first kappa shape index (κ1) is 15.6. The number of carbonyl (C=O) groups excluding carboxylic acids is 2. The molecule has 0 radical (unpaired) electrons. The van der Waals surface area contributed by atoms with E-state index in [9.17, 15) is 14.4 Å². The van der Waals surface area contributed by atoms with Crippen LogP contribution in [0.25, 0.3) is 0 Å². The average molecular weight is 285 g/mol. The molecular weight excluding hydrogens is 270 g/mol. The van der Waals surface area contributed by atoms with Crippen molar-refractivity contribution in [2.24, 2.45) is 0 Å². The number of methoxy groups -OCH3 is 1. The van der Waals surface area contributed by atoms with Crippen molar-refractivity contribution < 1.29 is 28.8 Å². The maximum atomic E-state index is 11.9. The fourth-order valence-electron chi connectivity index (χ4n) is 1.31. The number of carboxylic acids is 1. The van der Waals surface area contributed by atoms with Crippen LogP contribution in [0.1, 0.15) is 21.0 Å². The molecule has 1 aromatic heterocycles. The van der Waals surface area contributed by atoms with E-state index >= 15 is 0 Å². The standard InChI is InChI=1S/C11H15N3O6/c1-14(6-9(15)12-3-4-19-2)10(16)7-5-8(11(17)18)20-13-7/h5H,3-4,6H2,1-2H3,(H,12,15)(H,17,18). The number of ether oxygens (including phenoxy) is 1. The van der Waals surface area contributed by atoms with Crippen molar-refractivity contribution in [2.75, 3.05) is 33.9 Å². The predicted molar refractivity (Wildman–Crippen MR) is 65.3 cm³/mol. The summed E-state index contributed by atoms with van der Waals surface area (Å²) in [6.45, 7) is 0.525. The lowest BCUT2D eigenvalue weighted by molar-refractivity contribution is -0.121. The summed E-state index contributed by atoms with van der Waals surface area (Å²) in [6, 6.07) is 1.00. The Hall–Kier alpha value is -2.42. The lowest BCUT2D eigenvalue weighted by atomic mass is 10.3. The van der Waals surface area contributed by atoms with E-state index < -0.39 is 17.6 Å². The molecule has 0 aliphatic heterocycles. The first-order valence-corrected chi connectivity index (χ1v) is 5.66. The van der Waals surface area contributed by atoms with Crippen LogP contribution in [0, 0.1) is 0 Å². The molecule has 2 N–H and O–H groups in total. The Morgan fingerprint density at radius 3 is 2.75 bits per heavy atom. The van der Waals surface area contributed by atoms with Gasteiger partial charge in [-0.25, -0.2) is 4.79 Å². The van der Waals surface area contributed by atoms with Gasteiger partial charge >= 0.3 is 5.97 Å². The maximum absolute atomic E-state index is 11.9. The van der Waals surface area contributed by atoms with Gasteiger partial charge in [0.05, 0.1) is 13.2 Å². The zero-order valence-electron chi connectivity index (χ0n) is 11.1. The Balaban J connectivity index is 2.53. The van der Waals surface area contributed by atoms with Gasteiger partial charge in [-0.2, -0.15) is 0 Å². The highest BCUT2D eigenvalue weighted by Gasteiger charge is 2.21. The Morgan fingerprint density at radius 2 is 2.20 bits per heavy atom. The third kappa shape index (κ3) is 4.35. The minimum Gasteiger partial charge on any atom is -0.475 e. The van der Waals surface area contributed by atoms with Gasteiger partial charge in [0.15, 0.2) is 5.69 Å². The van der Waals surface area contributed by atoms with E-state index in [0.717, 1.165) is 11.0 Å². The number of hydrogen-bond donors (Lipinski definition) is 2. The molecule has 0 atom stereocenters. The van der Waals surface area contributed by atoms with E-state index in [1.165, 1.54) is 14.2 Å². The number of rotatable bonds is 7. The van der Waals surface area contributed by atoms with Crippen molar-refractivity contribution in [1.82, 2.24) is 15.4 Å². The molecule has 0 unspecified atom stereocenters. The van der Waals surface area contributed by atoms with Crippen LogP contribution in [-0.2, 0) is 9.53 Å². The molecule has 0 saturated carbocycles. The molecule has 20 heavy (non-hydrogen) atoms. The molecule has 0 aliphatic rings. The highest BCUT2D eigenvalue weighted by Crippen LogP contribution is 2.06. The second-order valence-corrected chi connectivity index (χ2v) is 3.89. The quantitative estimate of drug-likeness (QED) is 0.629. The Bertz CT molecular complexity index is 498. The van der Waals surface area contributed by atoms with Gasteiger partial charge in [-0.3, -0.25) is 9.59 Å². The number of carbonyl (C=O) groups is 3. The molecule has 0 saturated heterocycles. The molecule has 0 fully saturated rings. The SMILES string of the molecule is COCCNC(=O)CN(C)C(=O)c1cc(C(=O)O)on1. The molecule has 9 nitrogen and oxygen atoms in total. The van der Waals surface area contributed by atoms with E-state index in [1.807, 2.05) is 0 Å². The third-order valence-electron chi connectivity index (χ3n) is 2.30. The van der Waals surface area contributed by atoms with Crippen LogP contribution in [0.5, 0.6) is 0 Å². The van der Waals surface area contributed by atoms with Gasteiger partial charge in [-0.15, -0.1) is 0 Å². The largest absolute Gasteiger partial charge is 0.475 e. The Morgan fingerprint density at radius 1 is 1.50 bits per heavy atom. The molecule has 1 aromatic rings. The molecule has 0 bridgehead atoms. The average Bonchev–Trinajstić information content (AvgIpc) is 2.87. The predicted octanol–water partition coefficient (Wildman–Crippen LogP) is -0.793. The number of nitrogens with zero attached hydrogens (tertiary/aromatic N) is 2. The van der Waals surface area contributed by atoms with Crippen LogP contribution in [-0.4, -0.2) is 66.8 Å². The summed E-state index contributed by atoms with van der Waals surface area (Å²) in [6.07, 6.45) is 0. The lowest BCUT2D eigenvalue weighted by Crippen LogP contribution is -2.39. The van der Waals surface area contributed by atoms with Gasteiger partial charge in [0.2, 0.25) is 11.7 Å². The van der Waals surface area contributed by atoms with Gasteiger partial charge < -0.3 is 24.6 Å². The van der Waals surface area contributed by atoms with Crippen molar-refractivity contribution in [1.29, 1.82) is 0 Å². The van der Waals surface area contributed by atoms with Gasteiger partial charge in [-0.05, 0) is 0 Å². The van der Waals surface area contributed by atoms with Gasteiger partial charge in [0.1, 0.15) is 0 Å². The van der Waals surface area contributed by atoms with Crippen molar-refractivity contribution in [3.63, 3.8) is 0 Å². The smallest absolute Gasteiger partial charge is 0.374 e. The zero-order chi connectivity index (χ0) is 15.1. The fraction of sp³-hybridized carbons (Fsp3) is 0.455. The number of hydrogen-bond acceptors (Lipinski definition) is 6. The van der Waals surface area contributed by atoms with E-state index in [4.69, 9.17) is 9.84 Å². The van der Waals surface area contributed by atoms with Crippen LogP contribution in [0.15, 0.2) is 10.6 Å². The number of likely N-dealkylation sites (N-methyl/N-ethyl adjacent to an activating group) is 1. The number of carboxylic acid groups (broad SMARTS) is 1. The van der Waals surface area contributed by atoms with Crippen molar-refractivity contribution in [3.8, 4) is 0 Å². The van der Waals surface area contributed by atoms with E-state index in [-0.39, 0.29) is 18.1 Å². The second-order valence-electron chi connectivity index (χ2n) is 3.89. The summed E-state index contributed by atoms with van der Waals surface area (Å²) in [7, 11) is 2.90. The number of nitrogens with one attached hydrogen (secondary N) is 1. The molecule has 110 valence electrons. The number of amides is 2. The van der Waals surface area contributed by atoms with E-state index in [0.29, 0.717) is 13.2 Å². The maximum Gasteiger partial charge on any atom is 0.374 e. The molecular formula is C11H15N3O6. The first-order chi connectivity index (χ1) is 9.45. The van der Waals surface area contributed by atoms with Crippen molar-refractivity contribution >= 4 is 17.8 Å². The normalized spacial score (nSPS) is 10.1. The van der Waals surface area contributed by atoms with E-state index in [1.54, 1.807) is 0 Å². The topological polar surface area (TPSA) is 122 Å². The third-order valence-corrected chi connectivity index (χ3v) is 2.30. The highest BCUT2D eigenvalue weighted by molar-refractivity contribution is 5.96. The molecule has 9 heteroatoms. The molecule has 0 spiro atoms. The summed E-state index contributed by atoms with van der Waals surface area (Å²) in [5.74, 6) is -2.73. The molecule has 1 rings (SSSR count). The van der Waals surface area contributed by atoms with Crippen LogP contribution in [0.4, 0.5) is 0 Å². The van der Waals surface area contributed by atoms with Crippen molar-refractivity contribution in [2.45, 2.75) is 0 Å². The Labute approximate surface area is 114 Å². The van der Waals surface area contributed by atoms with Crippen molar-refractivity contribution in [3.05, 3.63) is 17.5 Å². The summed E-state index contributed by atoms with van der Waals surface area (Å²) >= 11 is 0. The van der Waals surface area contributed by atoms with Crippen LogP contribution in [0.2, 0.25) is 0 Å². The molecule has 2 amide bonds. The number of aromatic carboxylic acids is 1. The van der Waals surface area contributed by atoms with Crippen LogP contribution in [0.3, 0.4) is 0 Å². The second kappa shape index (κ2) is 7.24. The minimum absolute atomic E-state index is 0.172. The Kier molecular flexibility index (Phi) is 5.66. The molecule has 0 aromatic carbocycles. The highest BCUT2D eigenvalue weighted by atomic mass is 16.5. The van der Waals surface area contributed by atoms with Gasteiger partial charge in [0.25, 0.3) is 5.91 Å². The molecule has 1 heterocycles. The minimum atomic E-state index is -1.32. The summed E-state index contributed by atoms with van der Waals surface area (Å²) < 4.78 is 9.23. The summed E-state index contributed by atoms with van der Waals surface area (Å²) in [5, 5.41) is 14.5. The fourth-order valence-corrected chi connectivity index (χ4v) is 1.31. The van der Waals surface area contributed by atoms with Crippen LogP contribution >= 0.6 is 0 Å². The van der Waals surface area contributed by atoms with Crippen LogP contribution < -0.4 is 5.32 Å². The first-order valence-electron chi connectivity index (χ1n) is 5.66. The lowest BCUT2D eigenvalue weighted by Gasteiger charge is -2.14. The summed E-state index contributed by atoms with van der Waals surface area (Å²) in [4.78, 5) is 35.0. The van der Waals surface area contributed by atoms with Gasteiger partial charge in [-0.1, -0.05) is 5.16 Å². The van der Waals surface area contributed by atoms with E-state index in [2.05, 4.69) is 15.0 Å². The van der Waals surface area contributed by atoms with Gasteiger partial charge in [0, 0.05) is 26.8 Å². The number of aromatic nitrogens is 1. The zero-order valence-corrected chi connectivity index (χ0v) is 11.1.